The van der Waals surface area contributed by atoms with Crippen LogP contribution >= 0.6 is 0 Å². The van der Waals surface area contributed by atoms with Crippen LogP contribution in [0.15, 0.2) is 37.1 Å². The highest BCUT2D eigenvalue weighted by atomic mass is 16.5. The number of hydrogen-bond donors (Lipinski definition) is 0. The van der Waals surface area contributed by atoms with Gasteiger partial charge in [-0.1, -0.05) is 18.7 Å². The summed E-state index contributed by atoms with van der Waals surface area (Å²) in [6.45, 7) is 3.26. The third kappa shape index (κ3) is 1.94. The van der Waals surface area contributed by atoms with Gasteiger partial charge in [0.05, 0.1) is 17.4 Å². The molecule has 0 spiro atoms. The van der Waals surface area contributed by atoms with Crippen molar-refractivity contribution in [1.29, 1.82) is 5.26 Å². The first-order valence-electron chi connectivity index (χ1n) is 3.60. The molecule has 0 N–H and O–H groups in total. The Morgan fingerprint density at radius 2 is 2.23 bits per heavy atom. The molecule has 64 valence electrons. The first-order chi connectivity index (χ1) is 6.29. The molecular weight excluding hydrogens is 166 g/mol. The van der Waals surface area contributed by atoms with Crippen molar-refractivity contribution < 1.29 is 9.53 Å². The molecule has 0 aliphatic carbocycles. The van der Waals surface area contributed by atoms with Crippen LogP contribution < -0.4 is 0 Å². The van der Waals surface area contributed by atoms with E-state index in [-0.39, 0.29) is 5.56 Å². The van der Waals surface area contributed by atoms with Crippen LogP contribution in [0.5, 0.6) is 0 Å². The normalized spacial score (nSPS) is 8.54. The maximum absolute atomic E-state index is 11.2. The standard InChI is InChI=1S/C10H7NO2/c1-2-13-10(12)9-6-4-3-5-8(9)7-11/h2-6H,1H2. The smallest absolute Gasteiger partial charge is 0.344 e. The van der Waals surface area contributed by atoms with Crippen molar-refractivity contribution in [3.8, 4) is 6.07 Å². The van der Waals surface area contributed by atoms with E-state index in [0.717, 1.165) is 6.26 Å². The lowest BCUT2D eigenvalue weighted by atomic mass is 10.1. The zero-order chi connectivity index (χ0) is 9.68. The summed E-state index contributed by atoms with van der Waals surface area (Å²) in [6.07, 6.45) is 1.04. The average molecular weight is 173 g/mol. The predicted octanol–water partition coefficient (Wildman–Crippen LogP) is 1.86. The number of nitrogens with zero attached hydrogens (tertiary/aromatic N) is 1. The Balaban J connectivity index is 3.07. The molecule has 1 aromatic rings. The number of carbonyl (C=O) groups is 1. The van der Waals surface area contributed by atoms with E-state index in [1.807, 2.05) is 6.07 Å². The number of nitriles is 1. The molecule has 0 aromatic heterocycles. The molecular formula is C10H7NO2. The first kappa shape index (κ1) is 9.01. The summed E-state index contributed by atoms with van der Waals surface area (Å²) in [4.78, 5) is 11.2. The second-order valence-electron chi connectivity index (χ2n) is 2.23. The monoisotopic (exact) mass is 173 g/mol. The summed E-state index contributed by atoms with van der Waals surface area (Å²) < 4.78 is 4.54. The van der Waals surface area contributed by atoms with Gasteiger partial charge in [0.25, 0.3) is 0 Å². The van der Waals surface area contributed by atoms with E-state index in [9.17, 15) is 4.79 Å². The molecule has 0 aliphatic rings. The van der Waals surface area contributed by atoms with Crippen LogP contribution in [0.4, 0.5) is 0 Å². The fourth-order valence-electron chi connectivity index (χ4n) is 0.898. The van der Waals surface area contributed by atoms with Gasteiger partial charge in [-0.25, -0.2) is 4.79 Å². The molecule has 13 heavy (non-hydrogen) atoms. The summed E-state index contributed by atoms with van der Waals surface area (Å²) in [6, 6.07) is 8.34. The van der Waals surface area contributed by atoms with E-state index in [0.29, 0.717) is 5.56 Å². The van der Waals surface area contributed by atoms with Gasteiger partial charge < -0.3 is 4.74 Å². The molecule has 0 unspecified atom stereocenters. The van der Waals surface area contributed by atoms with Gasteiger partial charge in [-0.15, -0.1) is 0 Å². The van der Waals surface area contributed by atoms with Gasteiger partial charge in [-0.3, -0.25) is 0 Å². The van der Waals surface area contributed by atoms with Crippen molar-refractivity contribution in [3.05, 3.63) is 48.2 Å². The Bertz CT molecular complexity index is 377. The molecule has 1 aromatic carbocycles. The Hall–Kier alpha value is -2.08. The van der Waals surface area contributed by atoms with Crippen LogP contribution in [0.25, 0.3) is 0 Å². The lowest BCUT2D eigenvalue weighted by Gasteiger charge is -1.99. The van der Waals surface area contributed by atoms with Crippen LogP contribution in [-0.2, 0) is 4.74 Å². The molecule has 0 aliphatic heterocycles. The Morgan fingerprint density at radius 3 is 2.85 bits per heavy atom. The zero-order valence-corrected chi connectivity index (χ0v) is 6.86. The predicted molar refractivity (Wildman–Crippen MR) is 46.8 cm³/mol. The van der Waals surface area contributed by atoms with Gasteiger partial charge in [0.2, 0.25) is 0 Å². The highest BCUT2D eigenvalue weighted by Crippen LogP contribution is 2.08. The van der Waals surface area contributed by atoms with Crippen molar-refractivity contribution in [2.24, 2.45) is 0 Å². The van der Waals surface area contributed by atoms with E-state index in [1.54, 1.807) is 18.2 Å². The van der Waals surface area contributed by atoms with E-state index >= 15 is 0 Å². The topological polar surface area (TPSA) is 50.1 Å². The molecule has 0 fully saturated rings. The number of ether oxygens (including phenoxy) is 1. The van der Waals surface area contributed by atoms with Crippen molar-refractivity contribution in [2.45, 2.75) is 0 Å². The van der Waals surface area contributed by atoms with E-state index in [4.69, 9.17) is 5.26 Å². The largest absolute Gasteiger partial charge is 0.431 e. The second-order valence-corrected chi connectivity index (χ2v) is 2.23. The van der Waals surface area contributed by atoms with Gasteiger partial charge in [-0.05, 0) is 12.1 Å². The number of hydrogen-bond acceptors (Lipinski definition) is 3. The van der Waals surface area contributed by atoms with Gasteiger partial charge >= 0.3 is 5.97 Å². The van der Waals surface area contributed by atoms with E-state index in [1.165, 1.54) is 6.07 Å². The van der Waals surface area contributed by atoms with Crippen molar-refractivity contribution in [1.82, 2.24) is 0 Å². The fourth-order valence-corrected chi connectivity index (χ4v) is 0.898. The summed E-state index contributed by atoms with van der Waals surface area (Å²) in [5, 5.41) is 8.65. The summed E-state index contributed by atoms with van der Waals surface area (Å²) in [5.74, 6) is -0.563. The summed E-state index contributed by atoms with van der Waals surface area (Å²) >= 11 is 0. The Labute approximate surface area is 75.9 Å². The molecule has 0 saturated carbocycles. The van der Waals surface area contributed by atoms with E-state index in [2.05, 4.69) is 11.3 Å². The molecule has 0 saturated heterocycles. The van der Waals surface area contributed by atoms with Crippen LogP contribution in [0.3, 0.4) is 0 Å². The van der Waals surface area contributed by atoms with Crippen LogP contribution in [0, 0.1) is 11.3 Å². The molecule has 1 rings (SSSR count). The minimum absolute atomic E-state index is 0.255. The molecule has 0 atom stereocenters. The van der Waals surface area contributed by atoms with Gasteiger partial charge in [0.1, 0.15) is 6.07 Å². The first-order valence-corrected chi connectivity index (χ1v) is 3.60. The van der Waals surface area contributed by atoms with Crippen molar-refractivity contribution in [2.75, 3.05) is 0 Å². The van der Waals surface area contributed by atoms with Gasteiger partial charge in [-0.2, -0.15) is 5.26 Å². The third-order valence-corrected chi connectivity index (χ3v) is 1.46. The maximum Gasteiger partial charge on any atom is 0.344 e. The number of rotatable bonds is 2. The lowest BCUT2D eigenvalue weighted by Crippen LogP contribution is -2.02. The second kappa shape index (κ2) is 4.07. The minimum atomic E-state index is -0.563. The molecule has 0 radical (unpaired) electrons. The quantitative estimate of drug-likeness (QED) is 0.506. The SMILES string of the molecule is C=COC(=O)c1ccccc1C#N. The van der Waals surface area contributed by atoms with Crippen molar-refractivity contribution in [3.63, 3.8) is 0 Å². The molecule has 0 heterocycles. The summed E-state index contributed by atoms with van der Waals surface area (Å²) in [7, 11) is 0. The summed E-state index contributed by atoms with van der Waals surface area (Å²) in [5.41, 5.74) is 0.555. The molecule has 3 nitrogen and oxygen atoms in total. The molecule has 3 heteroatoms. The van der Waals surface area contributed by atoms with Gasteiger partial charge in [0, 0.05) is 0 Å². The Kier molecular flexibility index (Phi) is 2.82. The average Bonchev–Trinajstić information content (AvgIpc) is 2.18. The van der Waals surface area contributed by atoms with Gasteiger partial charge in [0.15, 0.2) is 0 Å². The lowest BCUT2D eigenvalue weighted by molar-refractivity contribution is 0.0664. The van der Waals surface area contributed by atoms with Crippen LogP contribution in [0.2, 0.25) is 0 Å². The van der Waals surface area contributed by atoms with Crippen molar-refractivity contribution >= 4 is 5.97 Å². The van der Waals surface area contributed by atoms with Crippen LogP contribution in [0.1, 0.15) is 15.9 Å². The Morgan fingerprint density at radius 1 is 1.54 bits per heavy atom. The molecule has 0 amide bonds. The number of benzene rings is 1. The van der Waals surface area contributed by atoms with Crippen LogP contribution in [-0.4, -0.2) is 5.97 Å². The minimum Gasteiger partial charge on any atom is -0.431 e. The highest BCUT2D eigenvalue weighted by Gasteiger charge is 2.09. The number of carbonyl (C=O) groups excluding carboxylic acids is 1. The zero-order valence-electron chi connectivity index (χ0n) is 6.86. The van der Waals surface area contributed by atoms with E-state index < -0.39 is 5.97 Å². The highest BCUT2D eigenvalue weighted by molar-refractivity contribution is 5.92. The maximum atomic E-state index is 11.2. The third-order valence-electron chi connectivity index (χ3n) is 1.46. The number of esters is 1. The molecule has 0 bridgehead atoms. The fraction of sp³-hybridized carbons (Fsp3) is 0.